The number of benzene rings is 1. The Morgan fingerprint density at radius 2 is 2.42 bits per heavy atom. The van der Waals surface area contributed by atoms with Crippen LogP contribution in [-0.4, -0.2) is 28.6 Å². The molecule has 1 atom stereocenters. The van der Waals surface area contributed by atoms with Crippen LogP contribution in [0.25, 0.3) is 0 Å². The number of anilines is 1. The molecule has 0 aromatic heterocycles. The van der Waals surface area contributed by atoms with Crippen molar-refractivity contribution in [2.75, 3.05) is 17.7 Å². The average molecular weight is 275 g/mol. The highest BCUT2D eigenvalue weighted by Crippen LogP contribution is 2.27. The van der Waals surface area contributed by atoms with Gasteiger partial charge < -0.3 is 10.4 Å². The van der Waals surface area contributed by atoms with Gasteiger partial charge >= 0.3 is 0 Å². The summed E-state index contributed by atoms with van der Waals surface area (Å²) in [7, 11) is 0. The van der Waals surface area contributed by atoms with Crippen molar-refractivity contribution in [3.63, 3.8) is 0 Å². The summed E-state index contributed by atoms with van der Waals surface area (Å²) in [6, 6.07) is 5.67. The number of carbonyl (C=O) groups excluding carboxylic acids is 1. The van der Waals surface area contributed by atoms with Crippen LogP contribution >= 0.6 is 11.8 Å². The van der Waals surface area contributed by atoms with E-state index in [9.17, 15) is 4.79 Å². The van der Waals surface area contributed by atoms with Crippen molar-refractivity contribution < 1.29 is 9.90 Å². The third kappa shape index (κ3) is 3.76. The maximum atomic E-state index is 12.1. The molecule has 1 amide bonds. The molecule has 0 spiro atoms. The van der Waals surface area contributed by atoms with Gasteiger partial charge in [0.1, 0.15) is 6.61 Å². The summed E-state index contributed by atoms with van der Waals surface area (Å²) in [5.74, 6) is 6.61. The lowest BCUT2D eigenvalue weighted by atomic mass is 10.1. The summed E-state index contributed by atoms with van der Waals surface area (Å²) < 4.78 is 0. The number of aliphatic hydroxyl groups excluding tert-OH is 1. The zero-order valence-corrected chi connectivity index (χ0v) is 11.7. The first-order chi connectivity index (χ1) is 9.20. The van der Waals surface area contributed by atoms with Crippen LogP contribution in [0.3, 0.4) is 0 Å². The van der Waals surface area contributed by atoms with Gasteiger partial charge in [-0.05, 0) is 43.2 Å². The second-order valence-corrected chi connectivity index (χ2v) is 5.79. The third-order valence-electron chi connectivity index (χ3n) is 3.03. The Kier molecular flexibility index (Phi) is 4.89. The SMILES string of the molecule is Cc1ccc(C#CCO)cc1NC(=O)C1CCCS1. The van der Waals surface area contributed by atoms with E-state index in [4.69, 9.17) is 5.11 Å². The van der Waals surface area contributed by atoms with Crippen molar-refractivity contribution in [3.8, 4) is 11.8 Å². The number of hydrogen-bond donors (Lipinski definition) is 2. The summed E-state index contributed by atoms with van der Waals surface area (Å²) in [4.78, 5) is 12.1. The second-order valence-electron chi connectivity index (χ2n) is 4.48. The molecule has 19 heavy (non-hydrogen) atoms. The van der Waals surface area contributed by atoms with Crippen molar-refractivity contribution in [1.82, 2.24) is 0 Å². The lowest BCUT2D eigenvalue weighted by Crippen LogP contribution is -2.23. The van der Waals surface area contributed by atoms with E-state index in [1.165, 1.54) is 0 Å². The number of amides is 1. The van der Waals surface area contributed by atoms with Crippen LogP contribution in [-0.2, 0) is 4.79 Å². The minimum Gasteiger partial charge on any atom is -0.384 e. The van der Waals surface area contributed by atoms with Crippen molar-refractivity contribution in [1.29, 1.82) is 0 Å². The maximum absolute atomic E-state index is 12.1. The minimum absolute atomic E-state index is 0.0755. The molecule has 1 aromatic carbocycles. The Morgan fingerprint density at radius 3 is 3.11 bits per heavy atom. The van der Waals surface area contributed by atoms with Gasteiger partial charge in [-0.15, -0.1) is 11.8 Å². The molecular formula is C15H17NO2S. The number of rotatable bonds is 2. The van der Waals surface area contributed by atoms with Crippen molar-refractivity contribution >= 4 is 23.4 Å². The van der Waals surface area contributed by atoms with Gasteiger partial charge in [0.25, 0.3) is 0 Å². The molecule has 1 heterocycles. The molecule has 3 nitrogen and oxygen atoms in total. The van der Waals surface area contributed by atoms with E-state index >= 15 is 0 Å². The second kappa shape index (κ2) is 6.65. The number of hydrogen-bond acceptors (Lipinski definition) is 3. The van der Waals surface area contributed by atoms with Crippen LogP contribution in [0.15, 0.2) is 18.2 Å². The van der Waals surface area contributed by atoms with Gasteiger partial charge in [-0.2, -0.15) is 0 Å². The van der Waals surface area contributed by atoms with Gasteiger partial charge in [-0.1, -0.05) is 17.9 Å². The van der Waals surface area contributed by atoms with Crippen molar-refractivity contribution in [2.24, 2.45) is 0 Å². The smallest absolute Gasteiger partial charge is 0.237 e. The summed E-state index contributed by atoms with van der Waals surface area (Å²) in [5, 5.41) is 11.7. The van der Waals surface area contributed by atoms with Crippen LogP contribution in [0, 0.1) is 18.8 Å². The molecule has 1 unspecified atom stereocenters. The van der Waals surface area contributed by atoms with Gasteiger partial charge in [0.15, 0.2) is 0 Å². The number of aliphatic hydroxyl groups is 1. The van der Waals surface area contributed by atoms with Crippen LogP contribution in [0.2, 0.25) is 0 Å². The summed E-state index contributed by atoms with van der Waals surface area (Å²) in [5.41, 5.74) is 2.63. The van der Waals surface area contributed by atoms with Gasteiger partial charge in [0, 0.05) is 11.3 Å². The fourth-order valence-corrected chi connectivity index (χ4v) is 3.14. The zero-order valence-electron chi connectivity index (χ0n) is 10.9. The number of nitrogens with one attached hydrogen (secondary N) is 1. The lowest BCUT2D eigenvalue weighted by molar-refractivity contribution is -0.115. The Bertz CT molecular complexity index is 525. The molecule has 1 aromatic rings. The summed E-state index contributed by atoms with van der Waals surface area (Å²) >= 11 is 1.72. The van der Waals surface area contributed by atoms with E-state index in [-0.39, 0.29) is 17.8 Å². The van der Waals surface area contributed by atoms with Crippen LogP contribution < -0.4 is 5.32 Å². The Hall–Kier alpha value is -1.44. The lowest BCUT2D eigenvalue weighted by Gasteiger charge is -2.12. The molecule has 0 aliphatic carbocycles. The van der Waals surface area contributed by atoms with E-state index in [0.29, 0.717) is 0 Å². The first kappa shape index (κ1) is 14.0. The monoisotopic (exact) mass is 275 g/mol. The molecule has 4 heteroatoms. The molecule has 0 bridgehead atoms. The van der Waals surface area contributed by atoms with Crippen LogP contribution in [0.4, 0.5) is 5.69 Å². The molecule has 1 saturated heterocycles. The topological polar surface area (TPSA) is 49.3 Å². The Morgan fingerprint density at radius 1 is 1.58 bits per heavy atom. The highest BCUT2D eigenvalue weighted by molar-refractivity contribution is 8.00. The van der Waals surface area contributed by atoms with Gasteiger partial charge in [0.2, 0.25) is 5.91 Å². The molecule has 1 aliphatic rings. The molecule has 2 N–H and O–H groups in total. The number of thioether (sulfide) groups is 1. The Balaban J connectivity index is 2.12. The first-order valence-electron chi connectivity index (χ1n) is 6.33. The van der Waals surface area contributed by atoms with E-state index in [1.54, 1.807) is 11.8 Å². The predicted molar refractivity (Wildman–Crippen MR) is 79.3 cm³/mol. The maximum Gasteiger partial charge on any atom is 0.237 e. The fraction of sp³-hybridized carbons (Fsp3) is 0.400. The highest BCUT2D eigenvalue weighted by Gasteiger charge is 2.23. The standard InChI is InChI=1S/C15H17NO2S/c1-11-6-7-12(4-2-8-17)10-13(11)16-15(18)14-5-3-9-19-14/h6-7,10,14,17H,3,5,8-9H2,1H3,(H,16,18). The highest BCUT2D eigenvalue weighted by atomic mass is 32.2. The third-order valence-corrected chi connectivity index (χ3v) is 4.41. The van der Waals surface area contributed by atoms with Crippen molar-refractivity contribution in [3.05, 3.63) is 29.3 Å². The predicted octanol–water partition coefficient (Wildman–Crippen LogP) is 2.17. The normalized spacial score (nSPS) is 17.7. The molecule has 0 radical (unpaired) electrons. The van der Waals surface area contributed by atoms with Gasteiger partial charge in [-0.25, -0.2) is 0 Å². The van der Waals surface area contributed by atoms with E-state index in [2.05, 4.69) is 17.2 Å². The molecule has 2 rings (SSSR count). The molecule has 0 saturated carbocycles. The average Bonchev–Trinajstić information content (AvgIpc) is 2.93. The van der Waals surface area contributed by atoms with E-state index < -0.39 is 0 Å². The molecule has 1 fully saturated rings. The van der Waals surface area contributed by atoms with E-state index in [1.807, 2.05) is 25.1 Å². The van der Waals surface area contributed by atoms with Gasteiger partial charge in [-0.3, -0.25) is 4.79 Å². The van der Waals surface area contributed by atoms with Crippen molar-refractivity contribution in [2.45, 2.75) is 25.0 Å². The molecule has 1 aliphatic heterocycles. The fourth-order valence-electron chi connectivity index (χ4n) is 1.97. The van der Waals surface area contributed by atoms with Gasteiger partial charge in [0.05, 0.1) is 5.25 Å². The summed E-state index contributed by atoms with van der Waals surface area (Å²) in [6.45, 7) is 1.80. The Labute approximate surface area is 117 Å². The first-order valence-corrected chi connectivity index (χ1v) is 7.38. The molecular weight excluding hydrogens is 258 g/mol. The molecule has 100 valence electrons. The van der Waals surface area contributed by atoms with E-state index in [0.717, 1.165) is 35.4 Å². The largest absolute Gasteiger partial charge is 0.384 e. The van der Waals surface area contributed by atoms with Crippen LogP contribution in [0.1, 0.15) is 24.0 Å². The van der Waals surface area contributed by atoms with Crippen LogP contribution in [0.5, 0.6) is 0 Å². The quantitative estimate of drug-likeness (QED) is 0.813. The summed E-state index contributed by atoms with van der Waals surface area (Å²) in [6.07, 6.45) is 2.07. The minimum atomic E-state index is -0.158. The number of carbonyl (C=O) groups is 1. The zero-order chi connectivity index (χ0) is 13.7. The number of aryl methyl sites for hydroxylation is 1.